The van der Waals surface area contributed by atoms with Crippen LogP contribution in [0.3, 0.4) is 0 Å². The fraction of sp³-hybridized carbons (Fsp3) is 0.432. The largest absolute Gasteiger partial charge is 0.444 e. The Labute approximate surface area is 256 Å². The van der Waals surface area contributed by atoms with Crippen LogP contribution in [-0.2, 0) is 4.74 Å². The number of allylic oxidation sites excluding steroid dienone is 1. The monoisotopic (exact) mass is 576 g/mol. The minimum Gasteiger partial charge on any atom is -0.444 e. The maximum absolute atomic E-state index is 12.5. The number of hydrogen-bond acceptors (Lipinski definition) is 4. The zero-order valence-electron chi connectivity index (χ0n) is 27.2. The minimum atomic E-state index is -0.566. The van der Waals surface area contributed by atoms with Gasteiger partial charge < -0.3 is 15.0 Å². The first-order valence-corrected chi connectivity index (χ1v) is 14.9. The molecule has 1 aliphatic heterocycles. The van der Waals surface area contributed by atoms with Crippen LogP contribution in [0.2, 0.25) is 0 Å². The topological polar surface area (TPSA) is 79.4 Å². The highest BCUT2D eigenvalue weighted by Gasteiger charge is 2.33. The molecule has 3 aromatic rings. The molecule has 1 aromatic heterocycles. The molecule has 0 unspecified atom stereocenters. The molecule has 6 heteroatoms. The summed E-state index contributed by atoms with van der Waals surface area (Å²) >= 11 is 0. The van der Waals surface area contributed by atoms with Crippen LogP contribution in [0.25, 0.3) is 10.8 Å². The molecule has 0 saturated carbocycles. The number of aromatic nitrogens is 2. The van der Waals surface area contributed by atoms with E-state index in [1.54, 1.807) is 6.20 Å². The molecule has 0 radical (unpaired) electrons. The van der Waals surface area contributed by atoms with E-state index in [1.807, 2.05) is 39.1 Å². The van der Waals surface area contributed by atoms with Gasteiger partial charge in [-0.3, -0.25) is 4.99 Å². The van der Waals surface area contributed by atoms with Gasteiger partial charge in [-0.2, -0.15) is 0 Å². The van der Waals surface area contributed by atoms with E-state index in [1.165, 1.54) is 0 Å². The van der Waals surface area contributed by atoms with Crippen molar-refractivity contribution in [2.75, 3.05) is 0 Å². The van der Waals surface area contributed by atoms with Crippen molar-refractivity contribution in [1.29, 1.82) is 0 Å². The van der Waals surface area contributed by atoms with Crippen LogP contribution in [0, 0.1) is 34.5 Å². The normalized spacial score (nSPS) is 14.9. The Morgan fingerprint density at radius 1 is 0.884 bits per heavy atom. The lowest BCUT2D eigenvalue weighted by atomic mass is 9.82. The maximum Gasteiger partial charge on any atom is 0.408 e. The SMILES string of the molecule is C[C@H](c1ncc(C#Cc2ccc3cc(C#CC4=CN=C([C@@H](NC(=O)OC(C)(C)C)C(C)(C)C)C4)ccc3c2)[nH]1)C(C)(C)C. The molecule has 4 rings (SSSR count). The number of alkyl carbamates (subject to hydrolysis) is 1. The standard InChI is InChI=1S/C37H44N4O2/c1-24(35(2,3)4)33-39-23-30(40-33)18-15-26-14-17-28-19-25(13-16-29(28)20-26)11-12-27-21-31(38-22-27)32(36(5,6)7)41-34(42)43-37(8,9)10/h13-14,16-17,19-20,22-24,32H,21H2,1-10H3,(H,39,40)(H,41,42)/t24-,32-/m1/s1. The quantitative estimate of drug-likeness (QED) is 0.309. The predicted molar refractivity (Wildman–Crippen MR) is 176 cm³/mol. The number of carbonyl (C=O) groups excluding carboxylic acids is 1. The van der Waals surface area contributed by atoms with Gasteiger partial charge in [0.25, 0.3) is 0 Å². The number of rotatable bonds is 3. The average Bonchev–Trinajstić information content (AvgIpc) is 3.56. The molecule has 0 spiro atoms. The molecular weight excluding hydrogens is 532 g/mol. The number of imidazole rings is 1. The molecule has 2 N–H and O–H groups in total. The van der Waals surface area contributed by atoms with Crippen molar-refractivity contribution in [3.63, 3.8) is 0 Å². The summed E-state index contributed by atoms with van der Waals surface area (Å²) in [4.78, 5) is 25.0. The second-order valence-corrected chi connectivity index (χ2v) is 14.4. The molecular formula is C37H44N4O2. The molecule has 1 amide bonds. The zero-order chi connectivity index (χ0) is 31.6. The number of hydrogen-bond donors (Lipinski definition) is 2. The molecule has 2 aromatic carbocycles. The van der Waals surface area contributed by atoms with Crippen LogP contribution < -0.4 is 5.32 Å². The van der Waals surface area contributed by atoms with Crippen LogP contribution >= 0.6 is 0 Å². The van der Waals surface area contributed by atoms with E-state index < -0.39 is 11.7 Å². The first kappa shape index (κ1) is 31.6. The molecule has 43 heavy (non-hydrogen) atoms. The summed E-state index contributed by atoms with van der Waals surface area (Å²) in [6.45, 7) is 20.6. The summed E-state index contributed by atoms with van der Waals surface area (Å²) < 4.78 is 5.49. The second kappa shape index (κ2) is 12.1. The summed E-state index contributed by atoms with van der Waals surface area (Å²) in [6.07, 6.45) is 3.76. The van der Waals surface area contributed by atoms with E-state index in [2.05, 4.69) is 117 Å². The summed E-state index contributed by atoms with van der Waals surface area (Å²) in [5, 5.41) is 5.23. The maximum atomic E-state index is 12.5. The lowest BCUT2D eigenvalue weighted by Crippen LogP contribution is -2.50. The van der Waals surface area contributed by atoms with Gasteiger partial charge in [-0.05, 0) is 72.6 Å². The fourth-order valence-corrected chi connectivity index (χ4v) is 4.65. The van der Waals surface area contributed by atoms with Gasteiger partial charge >= 0.3 is 6.09 Å². The highest BCUT2D eigenvalue weighted by Crippen LogP contribution is 2.32. The highest BCUT2D eigenvalue weighted by atomic mass is 16.6. The average molecular weight is 577 g/mol. The van der Waals surface area contributed by atoms with E-state index in [0.717, 1.165) is 44.7 Å². The third-order valence-corrected chi connectivity index (χ3v) is 7.47. The molecule has 0 saturated heterocycles. The third kappa shape index (κ3) is 8.62. The summed E-state index contributed by atoms with van der Waals surface area (Å²) in [5.74, 6) is 14.3. The van der Waals surface area contributed by atoms with Crippen molar-refractivity contribution in [3.05, 3.63) is 77.0 Å². The fourth-order valence-electron chi connectivity index (χ4n) is 4.65. The van der Waals surface area contributed by atoms with Crippen molar-refractivity contribution >= 4 is 22.6 Å². The number of carbonyl (C=O) groups is 1. The molecule has 2 heterocycles. The van der Waals surface area contributed by atoms with Crippen LogP contribution in [0.4, 0.5) is 4.79 Å². The molecule has 6 nitrogen and oxygen atoms in total. The molecule has 1 aliphatic rings. The minimum absolute atomic E-state index is 0.130. The second-order valence-electron chi connectivity index (χ2n) is 14.4. The van der Waals surface area contributed by atoms with E-state index in [0.29, 0.717) is 12.3 Å². The number of aromatic amines is 1. The number of H-pyrrole nitrogens is 1. The van der Waals surface area contributed by atoms with Gasteiger partial charge in [-0.25, -0.2) is 9.78 Å². The van der Waals surface area contributed by atoms with Crippen molar-refractivity contribution in [3.8, 4) is 23.7 Å². The number of aliphatic imine (C=N–C) groups is 1. The molecule has 0 aliphatic carbocycles. The van der Waals surface area contributed by atoms with Gasteiger partial charge in [0.2, 0.25) is 0 Å². The van der Waals surface area contributed by atoms with Crippen LogP contribution in [0.5, 0.6) is 0 Å². The van der Waals surface area contributed by atoms with E-state index in [-0.39, 0.29) is 16.9 Å². The zero-order valence-corrected chi connectivity index (χ0v) is 27.2. The van der Waals surface area contributed by atoms with Crippen molar-refractivity contribution in [2.24, 2.45) is 15.8 Å². The number of fused-ring (bicyclic) bond motifs is 1. The van der Waals surface area contributed by atoms with Crippen molar-refractivity contribution in [2.45, 2.75) is 93.2 Å². The Morgan fingerprint density at radius 3 is 2.05 bits per heavy atom. The number of amides is 1. The third-order valence-electron chi connectivity index (χ3n) is 7.47. The Bertz CT molecular complexity index is 1700. The van der Waals surface area contributed by atoms with Gasteiger partial charge in [0.15, 0.2) is 0 Å². The van der Waals surface area contributed by atoms with E-state index in [4.69, 9.17) is 4.74 Å². The number of nitrogens with one attached hydrogen (secondary N) is 2. The highest BCUT2D eigenvalue weighted by molar-refractivity contribution is 5.97. The molecule has 0 bridgehead atoms. The van der Waals surface area contributed by atoms with Crippen molar-refractivity contribution < 1.29 is 9.53 Å². The van der Waals surface area contributed by atoms with E-state index in [9.17, 15) is 4.79 Å². The Morgan fingerprint density at radius 2 is 1.49 bits per heavy atom. The van der Waals surface area contributed by atoms with E-state index >= 15 is 0 Å². The lowest BCUT2D eigenvalue weighted by molar-refractivity contribution is 0.0490. The predicted octanol–water partition coefficient (Wildman–Crippen LogP) is 8.13. The Balaban J connectivity index is 1.42. The van der Waals surface area contributed by atoms with Gasteiger partial charge in [-0.15, -0.1) is 0 Å². The van der Waals surface area contributed by atoms with Crippen LogP contribution in [0.15, 0.2) is 59.4 Å². The van der Waals surface area contributed by atoms with Gasteiger partial charge in [0.05, 0.1) is 12.2 Å². The number of benzene rings is 2. The summed E-state index contributed by atoms with van der Waals surface area (Å²) in [6, 6.07) is 12.1. The Kier molecular flexibility index (Phi) is 8.93. The lowest BCUT2D eigenvalue weighted by Gasteiger charge is -2.32. The Hall–Kier alpha value is -4.29. The number of nitrogens with zero attached hydrogens (tertiary/aromatic N) is 2. The van der Waals surface area contributed by atoms with Gasteiger partial charge in [-0.1, -0.05) is 78.4 Å². The molecule has 2 atom stereocenters. The smallest absolute Gasteiger partial charge is 0.408 e. The first-order valence-electron chi connectivity index (χ1n) is 14.9. The first-order chi connectivity index (χ1) is 20.0. The molecule has 224 valence electrons. The molecule has 0 fully saturated rings. The summed E-state index contributed by atoms with van der Waals surface area (Å²) in [7, 11) is 0. The van der Waals surface area contributed by atoms with Gasteiger partial charge in [0.1, 0.15) is 17.1 Å². The number of ether oxygens (including phenoxy) is 1. The summed E-state index contributed by atoms with van der Waals surface area (Å²) in [5.41, 5.74) is 3.82. The van der Waals surface area contributed by atoms with Gasteiger partial charge in [0, 0.05) is 41.0 Å². The van der Waals surface area contributed by atoms with Crippen LogP contribution in [0.1, 0.15) is 104 Å². The van der Waals surface area contributed by atoms with Crippen molar-refractivity contribution in [1.82, 2.24) is 15.3 Å². The van der Waals surface area contributed by atoms with Crippen LogP contribution in [-0.4, -0.2) is 33.4 Å².